The van der Waals surface area contributed by atoms with Gasteiger partial charge in [-0.3, -0.25) is 0 Å². The standard InChI is InChI=1S/C14H19Cl2NO4S/c1-3-5-6-22(19,20)9-17-12-8-10(15)7-11(13(12)16)14(18)21-4-2/h7-8,17H,3-6,9H2,1-2H3. The van der Waals surface area contributed by atoms with Crippen LogP contribution in [0, 0.1) is 0 Å². The molecule has 0 aliphatic carbocycles. The van der Waals surface area contributed by atoms with Gasteiger partial charge in [-0.2, -0.15) is 0 Å². The smallest absolute Gasteiger partial charge is 0.339 e. The third-order valence-electron chi connectivity index (χ3n) is 2.82. The van der Waals surface area contributed by atoms with Gasteiger partial charge in [0.25, 0.3) is 0 Å². The highest BCUT2D eigenvalue weighted by molar-refractivity contribution is 7.91. The molecule has 22 heavy (non-hydrogen) atoms. The Morgan fingerprint density at radius 1 is 1.27 bits per heavy atom. The molecule has 0 aromatic heterocycles. The van der Waals surface area contributed by atoms with E-state index in [1.54, 1.807) is 6.92 Å². The van der Waals surface area contributed by atoms with E-state index >= 15 is 0 Å². The highest BCUT2D eigenvalue weighted by Crippen LogP contribution is 2.30. The molecule has 1 aromatic carbocycles. The Hall–Kier alpha value is -0.980. The summed E-state index contributed by atoms with van der Waals surface area (Å²) in [6.07, 6.45) is 1.39. The van der Waals surface area contributed by atoms with E-state index in [2.05, 4.69) is 5.32 Å². The second kappa shape index (κ2) is 8.60. The monoisotopic (exact) mass is 367 g/mol. The minimum absolute atomic E-state index is 0.0912. The van der Waals surface area contributed by atoms with Crippen molar-refractivity contribution in [1.82, 2.24) is 0 Å². The molecule has 0 saturated heterocycles. The van der Waals surface area contributed by atoms with Crippen LogP contribution >= 0.6 is 23.2 Å². The molecule has 0 amide bonds. The number of hydrogen-bond donors (Lipinski definition) is 1. The first-order valence-corrected chi connectivity index (χ1v) is 9.49. The van der Waals surface area contributed by atoms with Crippen molar-refractivity contribution in [2.75, 3.05) is 23.6 Å². The van der Waals surface area contributed by atoms with E-state index in [0.717, 1.165) is 6.42 Å². The van der Waals surface area contributed by atoms with Crippen molar-refractivity contribution >= 4 is 44.7 Å². The maximum Gasteiger partial charge on any atom is 0.339 e. The maximum absolute atomic E-state index is 11.9. The number of esters is 1. The van der Waals surface area contributed by atoms with Crippen molar-refractivity contribution in [3.05, 3.63) is 27.7 Å². The van der Waals surface area contributed by atoms with Crippen LogP contribution in [0.15, 0.2) is 12.1 Å². The third kappa shape index (κ3) is 5.66. The van der Waals surface area contributed by atoms with Crippen molar-refractivity contribution in [3.63, 3.8) is 0 Å². The number of benzene rings is 1. The van der Waals surface area contributed by atoms with Crippen molar-refractivity contribution in [2.24, 2.45) is 0 Å². The van der Waals surface area contributed by atoms with Gasteiger partial charge in [-0.25, -0.2) is 13.2 Å². The lowest BCUT2D eigenvalue weighted by molar-refractivity contribution is 0.0526. The molecule has 0 bridgehead atoms. The highest BCUT2D eigenvalue weighted by Gasteiger charge is 2.18. The van der Waals surface area contributed by atoms with Gasteiger partial charge in [-0.15, -0.1) is 0 Å². The van der Waals surface area contributed by atoms with Crippen LogP contribution in [0.3, 0.4) is 0 Å². The molecule has 0 atom stereocenters. The fraction of sp³-hybridized carbons (Fsp3) is 0.500. The average Bonchev–Trinajstić information content (AvgIpc) is 2.46. The quantitative estimate of drug-likeness (QED) is 0.708. The van der Waals surface area contributed by atoms with Crippen LogP contribution in [0.25, 0.3) is 0 Å². The molecular formula is C14H19Cl2NO4S. The lowest BCUT2D eigenvalue weighted by Crippen LogP contribution is -2.18. The normalized spacial score (nSPS) is 11.3. The summed E-state index contributed by atoms with van der Waals surface area (Å²) >= 11 is 12.1. The van der Waals surface area contributed by atoms with E-state index < -0.39 is 15.8 Å². The SMILES string of the molecule is CCCCS(=O)(=O)CNc1cc(Cl)cc(C(=O)OCC)c1Cl. The lowest BCUT2D eigenvalue weighted by atomic mass is 10.2. The number of halogens is 2. The number of rotatable bonds is 8. The predicted octanol–water partition coefficient (Wildman–Crippen LogP) is 3.75. The number of nitrogens with one attached hydrogen (secondary N) is 1. The summed E-state index contributed by atoms with van der Waals surface area (Å²) in [7, 11) is -3.24. The second-order valence-electron chi connectivity index (χ2n) is 4.66. The van der Waals surface area contributed by atoms with Crippen molar-refractivity contribution in [3.8, 4) is 0 Å². The Balaban J connectivity index is 2.94. The fourth-order valence-corrected chi connectivity index (χ4v) is 3.42. The molecule has 1 N–H and O–H groups in total. The van der Waals surface area contributed by atoms with Gasteiger partial charge in [0.05, 0.1) is 28.6 Å². The maximum atomic E-state index is 11.9. The van der Waals surface area contributed by atoms with Crippen LogP contribution in [0.5, 0.6) is 0 Å². The summed E-state index contributed by atoms with van der Waals surface area (Å²) in [6.45, 7) is 3.80. The van der Waals surface area contributed by atoms with E-state index in [1.807, 2.05) is 6.92 Å². The first-order chi connectivity index (χ1) is 10.3. The molecule has 0 aliphatic rings. The van der Waals surface area contributed by atoms with Crippen LogP contribution in [-0.2, 0) is 14.6 Å². The van der Waals surface area contributed by atoms with Crippen molar-refractivity contribution in [1.29, 1.82) is 0 Å². The molecule has 0 unspecified atom stereocenters. The molecule has 1 rings (SSSR count). The Labute approximate surface area is 140 Å². The Morgan fingerprint density at radius 2 is 1.95 bits per heavy atom. The summed E-state index contributed by atoms with van der Waals surface area (Å²) < 4.78 is 28.6. The first-order valence-electron chi connectivity index (χ1n) is 6.91. The molecule has 0 spiro atoms. The van der Waals surface area contributed by atoms with E-state index in [9.17, 15) is 13.2 Å². The van der Waals surface area contributed by atoms with Gasteiger partial charge in [-0.1, -0.05) is 36.5 Å². The molecule has 124 valence electrons. The Morgan fingerprint density at radius 3 is 2.55 bits per heavy atom. The predicted molar refractivity (Wildman–Crippen MR) is 89.6 cm³/mol. The summed E-state index contributed by atoms with van der Waals surface area (Å²) in [4.78, 5) is 11.8. The van der Waals surface area contributed by atoms with Gasteiger partial charge in [0, 0.05) is 5.02 Å². The number of carbonyl (C=O) groups is 1. The van der Waals surface area contributed by atoms with E-state index in [1.165, 1.54) is 12.1 Å². The number of hydrogen-bond acceptors (Lipinski definition) is 5. The van der Waals surface area contributed by atoms with Crippen LogP contribution in [-0.4, -0.2) is 32.6 Å². The zero-order valence-corrected chi connectivity index (χ0v) is 14.8. The first kappa shape index (κ1) is 19.1. The van der Waals surface area contributed by atoms with Crippen LogP contribution in [0.4, 0.5) is 5.69 Å². The number of sulfone groups is 1. The molecule has 0 aliphatic heterocycles. The molecular weight excluding hydrogens is 349 g/mol. The zero-order chi connectivity index (χ0) is 16.8. The fourth-order valence-electron chi connectivity index (χ4n) is 1.70. The van der Waals surface area contributed by atoms with Gasteiger partial charge in [0.1, 0.15) is 5.88 Å². The lowest BCUT2D eigenvalue weighted by Gasteiger charge is -2.12. The number of ether oxygens (including phenoxy) is 1. The van der Waals surface area contributed by atoms with Crippen LogP contribution in [0.1, 0.15) is 37.0 Å². The largest absolute Gasteiger partial charge is 0.462 e. The molecule has 0 fully saturated rings. The summed E-state index contributed by atoms with van der Waals surface area (Å²) in [6, 6.07) is 2.86. The van der Waals surface area contributed by atoms with Crippen LogP contribution in [0.2, 0.25) is 10.0 Å². The summed E-state index contributed by atoms with van der Waals surface area (Å²) in [5.74, 6) is -0.777. The minimum atomic E-state index is -3.24. The topological polar surface area (TPSA) is 72.5 Å². The van der Waals surface area contributed by atoms with Crippen LogP contribution < -0.4 is 5.32 Å². The highest BCUT2D eigenvalue weighted by atomic mass is 35.5. The number of carbonyl (C=O) groups excluding carboxylic acids is 1. The van der Waals surface area contributed by atoms with Gasteiger partial charge < -0.3 is 10.1 Å². The van der Waals surface area contributed by atoms with Gasteiger partial charge in [0.15, 0.2) is 9.84 Å². The van der Waals surface area contributed by atoms with Gasteiger partial charge >= 0.3 is 5.97 Å². The second-order valence-corrected chi connectivity index (χ2v) is 7.66. The van der Waals surface area contributed by atoms with E-state index in [0.29, 0.717) is 6.42 Å². The molecule has 0 saturated carbocycles. The van der Waals surface area contributed by atoms with Crippen molar-refractivity contribution < 1.29 is 17.9 Å². The Kier molecular flexibility index (Phi) is 7.45. The average molecular weight is 368 g/mol. The molecule has 5 nitrogen and oxygen atoms in total. The van der Waals surface area contributed by atoms with Gasteiger partial charge in [0.2, 0.25) is 0 Å². The molecule has 0 heterocycles. The minimum Gasteiger partial charge on any atom is -0.462 e. The summed E-state index contributed by atoms with van der Waals surface area (Å²) in [5, 5.41) is 3.08. The third-order valence-corrected chi connectivity index (χ3v) is 4.94. The Bertz CT molecular complexity index is 632. The van der Waals surface area contributed by atoms with Gasteiger partial charge in [-0.05, 0) is 25.5 Å². The number of unbranched alkanes of at least 4 members (excludes halogenated alkanes) is 1. The van der Waals surface area contributed by atoms with E-state index in [4.69, 9.17) is 27.9 Å². The molecule has 0 radical (unpaired) electrons. The van der Waals surface area contributed by atoms with Crippen molar-refractivity contribution in [2.45, 2.75) is 26.7 Å². The van der Waals surface area contributed by atoms with E-state index in [-0.39, 0.29) is 39.5 Å². The number of anilines is 1. The molecule has 8 heteroatoms. The summed E-state index contributed by atoms with van der Waals surface area (Å²) in [5.41, 5.74) is 0.391. The molecule has 1 aromatic rings. The zero-order valence-electron chi connectivity index (χ0n) is 12.5.